The van der Waals surface area contributed by atoms with Gasteiger partial charge < -0.3 is 15.2 Å². The van der Waals surface area contributed by atoms with Crippen LogP contribution in [0.15, 0.2) is 59.8 Å². The van der Waals surface area contributed by atoms with Gasteiger partial charge in [0.15, 0.2) is 11.0 Å². The highest BCUT2D eigenvalue weighted by molar-refractivity contribution is 7.99. The van der Waals surface area contributed by atoms with Gasteiger partial charge in [-0.2, -0.15) is 0 Å². The Hall–Kier alpha value is -3.13. The highest BCUT2D eigenvalue weighted by Crippen LogP contribution is 2.20. The molecule has 0 saturated heterocycles. The molecule has 0 radical (unpaired) electrons. The Bertz CT molecular complexity index is 986. The van der Waals surface area contributed by atoms with E-state index in [0.29, 0.717) is 16.5 Å². The van der Waals surface area contributed by atoms with Crippen LogP contribution in [0.25, 0.3) is 0 Å². The number of carbonyl (C=O) groups excluding carboxylic acids is 2. The maximum atomic E-state index is 12.4. The molecular weight excluding hydrogens is 386 g/mol. The van der Waals surface area contributed by atoms with Crippen molar-refractivity contribution in [2.45, 2.75) is 25.0 Å². The molecule has 7 nitrogen and oxygen atoms in total. The topological polar surface area (TPSA) is 88.9 Å². The second kappa shape index (κ2) is 9.38. The van der Waals surface area contributed by atoms with Crippen molar-refractivity contribution in [3.8, 4) is 0 Å². The number of nitrogens with zero attached hydrogens (tertiary/aromatic N) is 3. The van der Waals surface area contributed by atoms with Crippen LogP contribution in [0.4, 0.5) is 5.69 Å². The van der Waals surface area contributed by atoms with Crippen molar-refractivity contribution in [3.63, 3.8) is 0 Å². The third kappa shape index (κ3) is 5.45. The van der Waals surface area contributed by atoms with Crippen molar-refractivity contribution in [2.24, 2.45) is 7.05 Å². The first-order valence-electron chi connectivity index (χ1n) is 9.18. The molecule has 8 heteroatoms. The maximum absolute atomic E-state index is 12.4. The molecule has 0 saturated carbocycles. The van der Waals surface area contributed by atoms with Gasteiger partial charge in [-0.3, -0.25) is 9.59 Å². The normalized spacial score (nSPS) is 11.7. The highest BCUT2D eigenvalue weighted by atomic mass is 32.2. The minimum atomic E-state index is -0.325. The van der Waals surface area contributed by atoms with Crippen molar-refractivity contribution in [2.75, 3.05) is 11.1 Å². The summed E-state index contributed by atoms with van der Waals surface area (Å²) in [4.78, 5) is 24.5. The van der Waals surface area contributed by atoms with Gasteiger partial charge in [0.25, 0.3) is 5.91 Å². The molecule has 2 amide bonds. The van der Waals surface area contributed by atoms with Crippen molar-refractivity contribution in [1.82, 2.24) is 20.1 Å². The number of benzene rings is 2. The Morgan fingerprint density at radius 3 is 2.45 bits per heavy atom. The summed E-state index contributed by atoms with van der Waals surface area (Å²) in [5, 5.41) is 14.7. The molecule has 1 atom stereocenters. The van der Waals surface area contributed by atoms with Crippen LogP contribution in [0.5, 0.6) is 0 Å². The van der Waals surface area contributed by atoms with E-state index in [2.05, 4.69) is 20.8 Å². The van der Waals surface area contributed by atoms with Gasteiger partial charge in [-0.05, 0) is 38.1 Å². The van der Waals surface area contributed by atoms with E-state index in [-0.39, 0.29) is 23.6 Å². The van der Waals surface area contributed by atoms with Crippen LogP contribution < -0.4 is 10.6 Å². The lowest BCUT2D eigenvalue weighted by Crippen LogP contribution is -2.28. The van der Waals surface area contributed by atoms with Crippen LogP contribution >= 0.6 is 11.8 Å². The van der Waals surface area contributed by atoms with E-state index >= 15 is 0 Å². The van der Waals surface area contributed by atoms with Gasteiger partial charge in [-0.15, -0.1) is 10.2 Å². The van der Waals surface area contributed by atoms with Gasteiger partial charge in [-0.25, -0.2) is 0 Å². The number of anilines is 1. The number of carbonyl (C=O) groups is 2. The summed E-state index contributed by atoms with van der Waals surface area (Å²) in [6.45, 7) is 3.83. The molecule has 0 aliphatic rings. The average Bonchev–Trinajstić information content (AvgIpc) is 3.08. The summed E-state index contributed by atoms with van der Waals surface area (Å²) in [6, 6.07) is 16.4. The molecule has 0 spiro atoms. The molecular formula is C21H23N5O2S. The Kier molecular flexibility index (Phi) is 6.66. The van der Waals surface area contributed by atoms with Gasteiger partial charge in [0.2, 0.25) is 5.91 Å². The Morgan fingerprint density at radius 2 is 1.76 bits per heavy atom. The fraction of sp³-hybridized carbons (Fsp3) is 0.238. The molecule has 3 rings (SSSR count). The Labute approximate surface area is 173 Å². The van der Waals surface area contributed by atoms with Crippen LogP contribution in [-0.4, -0.2) is 32.3 Å². The highest BCUT2D eigenvalue weighted by Gasteiger charge is 2.19. The second-order valence-corrected chi connectivity index (χ2v) is 7.61. The molecule has 0 unspecified atom stereocenters. The molecule has 1 heterocycles. The number of thioether (sulfide) groups is 1. The summed E-state index contributed by atoms with van der Waals surface area (Å²) in [5.41, 5.74) is 2.45. The molecule has 1 aromatic heterocycles. The number of aromatic nitrogens is 3. The first-order valence-corrected chi connectivity index (χ1v) is 10.2. The third-order valence-electron chi connectivity index (χ3n) is 4.31. The average molecular weight is 410 g/mol. The lowest BCUT2D eigenvalue weighted by atomic mass is 10.1. The summed E-state index contributed by atoms with van der Waals surface area (Å²) in [5.74, 6) is 0.546. The minimum Gasteiger partial charge on any atom is -0.342 e. The van der Waals surface area contributed by atoms with E-state index < -0.39 is 0 Å². The van der Waals surface area contributed by atoms with Crippen LogP contribution in [0.3, 0.4) is 0 Å². The maximum Gasteiger partial charge on any atom is 0.251 e. The standard InChI is InChI=1S/C21H23N5O2S/c1-14-9-11-16(12-10-14)20(28)22-15(2)19-24-25-21(26(19)3)29-13-18(27)23-17-7-5-4-6-8-17/h4-12,15H,13H2,1-3H3,(H,22,28)(H,23,27)/t15-/m0/s1. The van der Waals surface area contributed by atoms with Gasteiger partial charge in [-0.1, -0.05) is 47.7 Å². The molecule has 0 aliphatic carbocycles. The molecule has 0 bridgehead atoms. The second-order valence-electron chi connectivity index (χ2n) is 6.66. The number of hydrogen-bond donors (Lipinski definition) is 2. The van der Waals surface area contributed by atoms with Crippen molar-refractivity contribution < 1.29 is 9.59 Å². The molecule has 0 aliphatic heterocycles. The van der Waals surface area contributed by atoms with Gasteiger partial charge in [0.1, 0.15) is 0 Å². The van der Waals surface area contributed by atoms with Crippen LogP contribution in [0.2, 0.25) is 0 Å². The Morgan fingerprint density at radius 1 is 1.07 bits per heavy atom. The van der Waals surface area contributed by atoms with Crippen LogP contribution in [0, 0.1) is 6.92 Å². The number of rotatable bonds is 7. The van der Waals surface area contributed by atoms with E-state index in [1.165, 1.54) is 11.8 Å². The number of amides is 2. The van der Waals surface area contributed by atoms with Gasteiger partial charge in [0.05, 0.1) is 11.8 Å². The number of aryl methyl sites for hydroxylation is 1. The van der Waals surface area contributed by atoms with E-state index in [1.807, 2.05) is 63.4 Å². The first-order chi connectivity index (χ1) is 13.9. The number of para-hydroxylation sites is 1. The number of hydrogen-bond acceptors (Lipinski definition) is 5. The minimum absolute atomic E-state index is 0.119. The van der Waals surface area contributed by atoms with Crippen molar-refractivity contribution in [1.29, 1.82) is 0 Å². The fourth-order valence-corrected chi connectivity index (χ4v) is 3.45. The zero-order valence-electron chi connectivity index (χ0n) is 16.5. The largest absolute Gasteiger partial charge is 0.342 e. The zero-order chi connectivity index (χ0) is 20.8. The van der Waals surface area contributed by atoms with Crippen molar-refractivity contribution >= 4 is 29.3 Å². The molecule has 2 N–H and O–H groups in total. The summed E-state index contributed by atoms with van der Waals surface area (Å²) in [7, 11) is 1.82. The molecule has 29 heavy (non-hydrogen) atoms. The van der Waals surface area contributed by atoms with Gasteiger partial charge >= 0.3 is 0 Å². The molecule has 2 aromatic carbocycles. The van der Waals surface area contributed by atoms with Gasteiger partial charge in [0, 0.05) is 18.3 Å². The summed E-state index contributed by atoms with van der Waals surface area (Å²) >= 11 is 1.29. The SMILES string of the molecule is Cc1ccc(C(=O)N[C@@H](C)c2nnc(SCC(=O)Nc3ccccc3)n2C)cc1. The van der Waals surface area contributed by atoms with Crippen LogP contribution in [0.1, 0.15) is 34.7 Å². The molecule has 0 fully saturated rings. The fourth-order valence-electron chi connectivity index (χ4n) is 2.73. The van der Waals surface area contributed by atoms with E-state index in [1.54, 1.807) is 16.7 Å². The Balaban J connectivity index is 1.57. The predicted molar refractivity (Wildman–Crippen MR) is 114 cm³/mol. The van der Waals surface area contributed by atoms with Crippen LogP contribution in [-0.2, 0) is 11.8 Å². The smallest absolute Gasteiger partial charge is 0.251 e. The lowest BCUT2D eigenvalue weighted by Gasteiger charge is -2.13. The zero-order valence-corrected chi connectivity index (χ0v) is 17.4. The van der Waals surface area contributed by atoms with E-state index in [0.717, 1.165) is 11.3 Å². The molecule has 3 aromatic rings. The third-order valence-corrected chi connectivity index (χ3v) is 5.33. The monoisotopic (exact) mass is 409 g/mol. The quantitative estimate of drug-likeness (QED) is 0.584. The lowest BCUT2D eigenvalue weighted by molar-refractivity contribution is -0.113. The predicted octanol–water partition coefficient (Wildman–Crippen LogP) is 3.35. The van der Waals surface area contributed by atoms with Crippen molar-refractivity contribution in [3.05, 3.63) is 71.5 Å². The summed E-state index contributed by atoms with van der Waals surface area (Å²) in [6.07, 6.45) is 0. The van der Waals surface area contributed by atoms with E-state index in [9.17, 15) is 9.59 Å². The summed E-state index contributed by atoms with van der Waals surface area (Å²) < 4.78 is 1.79. The van der Waals surface area contributed by atoms with E-state index in [4.69, 9.17) is 0 Å². The molecule has 150 valence electrons. The first kappa shape index (κ1) is 20.6. The number of nitrogens with one attached hydrogen (secondary N) is 2.